The number of hydrogen-bond acceptors (Lipinski definition) is 9. The molecule has 0 radical (unpaired) electrons. The lowest BCUT2D eigenvalue weighted by Crippen LogP contribution is -2.03. The molecule has 12 heteroatoms. The molecule has 0 unspecified atom stereocenters. The Morgan fingerprint density at radius 3 is 2.81 bits per heavy atom. The molecule has 0 aliphatic heterocycles. The molecule has 1 aromatic carbocycles. The van der Waals surface area contributed by atoms with Gasteiger partial charge in [0, 0.05) is 17.5 Å². The number of esters is 1. The number of halogens is 1. The van der Waals surface area contributed by atoms with Crippen molar-refractivity contribution < 1.29 is 9.53 Å². The van der Waals surface area contributed by atoms with Gasteiger partial charge in [-0.25, -0.2) is 19.3 Å². The molecule has 36 heavy (non-hydrogen) atoms. The van der Waals surface area contributed by atoms with Crippen LogP contribution in [-0.4, -0.2) is 47.4 Å². The summed E-state index contributed by atoms with van der Waals surface area (Å²) < 4.78 is 8.76. The van der Waals surface area contributed by atoms with E-state index in [-0.39, 0.29) is 5.97 Å². The quantitative estimate of drug-likeness (QED) is 0.204. The third-order valence-corrected chi connectivity index (χ3v) is 8.89. The van der Waals surface area contributed by atoms with Crippen LogP contribution in [0.15, 0.2) is 35.7 Å². The summed E-state index contributed by atoms with van der Waals surface area (Å²) in [6, 6.07) is 8.08. The Bertz CT molecular complexity index is 1610. The molecule has 1 saturated carbocycles. The molecule has 0 bridgehead atoms. The SMILES string of the molecule is CCn1c(SCc2nc3c4c(C)c(C(=O)OC)sc4ncn3n2)nnc1[C@H]1C[C@@H]1c1ccc(Cl)cc1. The van der Waals surface area contributed by atoms with Gasteiger partial charge in [0.1, 0.15) is 21.9 Å². The van der Waals surface area contributed by atoms with Crippen LogP contribution in [0.1, 0.15) is 57.6 Å². The van der Waals surface area contributed by atoms with Crippen molar-refractivity contribution in [1.82, 2.24) is 34.3 Å². The minimum atomic E-state index is -0.368. The van der Waals surface area contributed by atoms with E-state index >= 15 is 0 Å². The predicted molar refractivity (Wildman–Crippen MR) is 139 cm³/mol. The van der Waals surface area contributed by atoms with E-state index in [0.717, 1.165) is 44.7 Å². The van der Waals surface area contributed by atoms with Gasteiger partial charge in [0.05, 0.1) is 18.2 Å². The average molecular weight is 540 g/mol. The number of carbonyl (C=O) groups is 1. The summed E-state index contributed by atoms with van der Waals surface area (Å²) in [5.41, 5.74) is 2.78. The Morgan fingerprint density at radius 2 is 2.06 bits per heavy atom. The molecule has 6 rings (SSSR count). The third-order valence-electron chi connectivity index (χ3n) is 6.49. The topological polar surface area (TPSA) is 100 Å². The highest BCUT2D eigenvalue weighted by atomic mass is 35.5. The van der Waals surface area contributed by atoms with Crippen molar-refractivity contribution >= 4 is 56.5 Å². The van der Waals surface area contributed by atoms with E-state index in [1.54, 1.807) is 22.6 Å². The van der Waals surface area contributed by atoms with Gasteiger partial charge >= 0.3 is 5.97 Å². The second-order valence-electron chi connectivity index (χ2n) is 8.64. The van der Waals surface area contributed by atoms with Crippen molar-refractivity contribution in [2.24, 2.45) is 0 Å². The number of nitrogens with zero attached hydrogens (tertiary/aromatic N) is 7. The van der Waals surface area contributed by atoms with E-state index in [2.05, 4.69) is 43.9 Å². The van der Waals surface area contributed by atoms with Gasteiger partial charge < -0.3 is 9.30 Å². The molecule has 0 N–H and O–H groups in total. The summed E-state index contributed by atoms with van der Waals surface area (Å²) in [6.07, 6.45) is 2.70. The van der Waals surface area contributed by atoms with E-state index in [1.807, 2.05) is 19.1 Å². The first-order valence-corrected chi connectivity index (χ1v) is 13.7. The van der Waals surface area contributed by atoms with E-state index in [1.165, 1.54) is 24.0 Å². The first kappa shape index (κ1) is 23.4. The van der Waals surface area contributed by atoms with Gasteiger partial charge in [0.2, 0.25) is 0 Å². The van der Waals surface area contributed by atoms with Crippen LogP contribution in [0.5, 0.6) is 0 Å². The highest BCUT2D eigenvalue weighted by Gasteiger charge is 2.43. The number of fused-ring (bicyclic) bond motifs is 3. The van der Waals surface area contributed by atoms with Crippen LogP contribution >= 0.6 is 34.7 Å². The lowest BCUT2D eigenvalue weighted by molar-refractivity contribution is 0.0605. The molecule has 184 valence electrons. The second kappa shape index (κ2) is 9.13. The summed E-state index contributed by atoms with van der Waals surface area (Å²) in [5, 5.41) is 16.1. The largest absolute Gasteiger partial charge is 0.465 e. The molecule has 4 heterocycles. The summed E-state index contributed by atoms with van der Waals surface area (Å²) in [5.74, 6) is 2.68. The number of ether oxygens (including phenoxy) is 1. The first-order valence-electron chi connectivity index (χ1n) is 11.5. The van der Waals surface area contributed by atoms with Crippen LogP contribution in [0.4, 0.5) is 0 Å². The van der Waals surface area contributed by atoms with Crippen molar-refractivity contribution in [3.8, 4) is 0 Å². The van der Waals surface area contributed by atoms with Crippen molar-refractivity contribution in [3.05, 3.63) is 63.3 Å². The zero-order valence-electron chi connectivity index (χ0n) is 19.8. The average Bonchev–Trinajstić information content (AvgIpc) is 3.22. The molecule has 5 aromatic rings. The highest BCUT2D eigenvalue weighted by molar-refractivity contribution is 7.98. The van der Waals surface area contributed by atoms with Crippen molar-refractivity contribution in [2.45, 2.75) is 49.6 Å². The molecular formula is C24H22ClN7O2S2. The monoisotopic (exact) mass is 539 g/mol. The Balaban J connectivity index is 1.23. The molecule has 1 aliphatic carbocycles. The number of aromatic nitrogens is 7. The minimum Gasteiger partial charge on any atom is -0.465 e. The molecule has 0 saturated heterocycles. The summed E-state index contributed by atoms with van der Waals surface area (Å²) in [6.45, 7) is 4.79. The summed E-state index contributed by atoms with van der Waals surface area (Å²) in [7, 11) is 1.38. The minimum absolute atomic E-state index is 0.367. The number of carbonyl (C=O) groups excluding carboxylic acids is 1. The molecule has 0 spiro atoms. The Hall–Kier alpha value is -3.02. The van der Waals surface area contributed by atoms with Crippen LogP contribution in [0, 0.1) is 6.92 Å². The molecule has 0 amide bonds. The number of aryl methyl sites for hydroxylation is 1. The van der Waals surface area contributed by atoms with E-state index < -0.39 is 0 Å². The summed E-state index contributed by atoms with van der Waals surface area (Å²) in [4.78, 5) is 22.6. The number of methoxy groups -OCH3 is 1. The van der Waals surface area contributed by atoms with E-state index in [9.17, 15) is 4.79 Å². The van der Waals surface area contributed by atoms with E-state index in [0.29, 0.717) is 33.9 Å². The number of thioether (sulfide) groups is 1. The smallest absolute Gasteiger partial charge is 0.348 e. The number of hydrogen-bond donors (Lipinski definition) is 0. The van der Waals surface area contributed by atoms with Gasteiger partial charge in [0.25, 0.3) is 0 Å². The Labute approximate surface area is 219 Å². The zero-order chi connectivity index (χ0) is 25.0. The maximum absolute atomic E-state index is 12.1. The number of thiophene rings is 1. The normalized spacial score (nSPS) is 17.2. The van der Waals surface area contributed by atoms with Gasteiger partial charge in [-0.2, -0.15) is 0 Å². The van der Waals surface area contributed by atoms with Crippen LogP contribution < -0.4 is 0 Å². The fourth-order valence-electron chi connectivity index (χ4n) is 4.59. The third kappa shape index (κ3) is 3.95. The van der Waals surface area contributed by atoms with E-state index in [4.69, 9.17) is 21.3 Å². The molecule has 2 atom stereocenters. The van der Waals surface area contributed by atoms with Gasteiger partial charge in [-0.3, -0.25) is 0 Å². The van der Waals surface area contributed by atoms with Crippen LogP contribution in [0.25, 0.3) is 15.9 Å². The molecule has 9 nitrogen and oxygen atoms in total. The number of rotatable bonds is 7. The lowest BCUT2D eigenvalue weighted by atomic mass is 10.1. The molecule has 1 fully saturated rings. The van der Waals surface area contributed by atoms with Crippen molar-refractivity contribution in [1.29, 1.82) is 0 Å². The van der Waals surface area contributed by atoms with Crippen molar-refractivity contribution in [2.75, 3.05) is 7.11 Å². The maximum atomic E-state index is 12.1. The molecule has 4 aromatic heterocycles. The van der Waals surface area contributed by atoms with Crippen LogP contribution in [-0.2, 0) is 17.0 Å². The summed E-state index contributed by atoms with van der Waals surface area (Å²) >= 11 is 8.92. The van der Waals surface area contributed by atoms with Crippen molar-refractivity contribution in [3.63, 3.8) is 0 Å². The first-order chi connectivity index (χ1) is 17.5. The van der Waals surface area contributed by atoms with Gasteiger partial charge in [-0.05, 0) is 49.4 Å². The van der Waals surface area contributed by atoms with Gasteiger partial charge in [0.15, 0.2) is 16.6 Å². The van der Waals surface area contributed by atoms with Crippen LogP contribution in [0.3, 0.4) is 0 Å². The number of benzene rings is 1. The maximum Gasteiger partial charge on any atom is 0.348 e. The van der Waals surface area contributed by atoms with Gasteiger partial charge in [-0.15, -0.1) is 26.6 Å². The standard InChI is InChI=1S/C24H22ClN7O2S2/c1-4-31-20(16-9-15(16)13-5-7-14(25)8-6-13)28-29-24(31)35-10-17-27-21-18-12(2)19(23(33)34-3)36-22(18)26-11-32(21)30-17/h5-8,11,15-16H,4,9-10H2,1-3H3/t15-,16+/m1/s1. The molecule has 1 aliphatic rings. The van der Waals surface area contributed by atoms with Crippen LogP contribution in [0.2, 0.25) is 5.02 Å². The molecular weight excluding hydrogens is 518 g/mol. The second-order valence-corrected chi connectivity index (χ2v) is 11.0. The Kier molecular flexibility index (Phi) is 5.93. The lowest BCUT2D eigenvalue weighted by Gasteiger charge is -2.06. The predicted octanol–water partition coefficient (Wildman–Crippen LogP) is 5.26. The highest BCUT2D eigenvalue weighted by Crippen LogP contribution is 2.54. The fraction of sp³-hybridized carbons (Fsp3) is 0.333. The Morgan fingerprint density at radius 1 is 1.25 bits per heavy atom. The fourth-order valence-corrected chi connectivity index (χ4v) is 6.64. The zero-order valence-corrected chi connectivity index (χ0v) is 22.2. The van der Waals surface area contributed by atoms with Gasteiger partial charge in [-0.1, -0.05) is 35.5 Å².